The SMILES string of the molecule is CC[C@H](C)NC(=O)[C@@H](C)N(Cc1ccccc1F)C(=O)CN(c1cccc(C)c1)S(C)(=O)=O. The first-order valence-corrected chi connectivity index (χ1v) is 12.7. The van der Waals surface area contributed by atoms with E-state index in [4.69, 9.17) is 0 Å². The van der Waals surface area contributed by atoms with Crippen LogP contribution in [0, 0.1) is 12.7 Å². The number of halogens is 1. The first kappa shape index (κ1) is 26.3. The summed E-state index contributed by atoms with van der Waals surface area (Å²) in [5.41, 5.74) is 1.40. The lowest BCUT2D eigenvalue weighted by atomic mass is 10.1. The Balaban J connectivity index is 2.40. The summed E-state index contributed by atoms with van der Waals surface area (Å²) in [6.07, 6.45) is 1.72. The van der Waals surface area contributed by atoms with E-state index < -0.39 is 40.2 Å². The van der Waals surface area contributed by atoms with Gasteiger partial charge in [0.25, 0.3) is 0 Å². The number of hydrogen-bond acceptors (Lipinski definition) is 4. The van der Waals surface area contributed by atoms with Crippen molar-refractivity contribution in [3.8, 4) is 0 Å². The van der Waals surface area contributed by atoms with Crippen molar-refractivity contribution in [3.63, 3.8) is 0 Å². The smallest absolute Gasteiger partial charge is 0.244 e. The number of amides is 2. The van der Waals surface area contributed by atoms with Gasteiger partial charge in [-0.2, -0.15) is 0 Å². The van der Waals surface area contributed by atoms with Gasteiger partial charge >= 0.3 is 0 Å². The molecule has 0 bridgehead atoms. The summed E-state index contributed by atoms with van der Waals surface area (Å²) in [5, 5.41) is 2.83. The Morgan fingerprint density at radius 3 is 2.33 bits per heavy atom. The van der Waals surface area contributed by atoms with Crippen molar-refractivity contribution < 1.29 is 22.4 Å². The van der Waals surface area contributed by atoms with E-state index in [2.05, 4.69) is 5.32 Å². The van der Waals surface area contributed by atoms with Gasteiger partial charge in [0.05, 0.1) is 11.9 Å². The van der Waals surface area contributed by atoms with Crippen molar-refractivity contribution in [2.24, 2.45) is 0 Å². The lowest BCUT2D eigenvalue weighted by Crippen LogP contribution is -2.52. The number of aryl methyl sites for hydroxylation is 1. The van der Waals surface area contributed by atoms with E-state index in [-0.39, 0.29) is 18.2 Å². The first-order chi connectivity index (χ1) is 15.4. The zero-order valence-electron chi connectivity index (χ0n) is 19.7. The topological polar surface area (TPSA) is 86.8 Å². The van der Waals surface area contributed by atoms with Crippen molar-refractivity contribution in [2.75, 3.05) is 17.1 Å². The number of sulfonamides is 1. The number of nitrogens with one attached hydrogen (secondary N) is 1. The molecule has 0 aliphatic rings. The minimum atomic E-state index is -3.80. The molecule has 2 rings (SSSR count). The number of nitrogens with zero attached hydrogens (tertiary/aromatic N) is 2. The summed E-state index contributed by atoms with van der Waals surface area (Å²) in [4.78, 5) is 27.4. The van der Waals surface area contributed by atoms with Crippen LogP contribution in [0.5, 0.6) is 0 Å². The van der Waals surface area contributed by atoms with Gasteiger partial charge in [-0.05, 0) is 51.0 Å². The van der Waals surface area contributed by atoms with E-state index in [1.165, 1.54) is 23.1 Å². The molecule has 9 heteroatoms. The predicted octanol–water partition coefficient (Wildman–Crippen LogP) is 3.23. The van der Waals surface area contributed by atoms with Gasteiger partial charge in [0.15, 0.2) is 0 Å². The molecule has 0 fully saturated rings. The monoisotopic (exact) mass is 477 g/mol. The highest BCUT2D eigenvalue weighted by molar-refractivity contribution is 7.92. The number of carbonyl (C=O) groups excluding carboxylic acids is 2. The van der Waals surface area contributed by atoms with Crippen molar-refractivity contribution in [1.82, 2.24) is 10.2 Å². The average Bonchev–Trinajstić information content (AvgIpc) is 2.75. The second-order valence-corrected chi connectivity index (χ2v) is 10.1. The Morgan fingerprint density at radius 2 is 1.76 bits per heavy atom. The molecule has 1 N–H and O–H groups in total. The number of anilines is 1. The highest BCUT2D eigenvalue weighted by Crippen LogP contribution is 2.20. The molecule has 0 aliphatic carbocycles. The molecule has 2 aromatic carbocycles. The van der Waals surface area contributed by atoms with Crippen LogP contribution in [0.25, 0.3) is 0 Å². The van der Waals surface area contributed by atoms with Gasteiger partial charge in [0, 0.05) is 18.2 Å². The second kappa shape index (κ2) is 11.3. The predicted molar refractivity (Wildman–Crippen MR) is 128 cm³/mol. The van der Waals surface area contributed by atoms with Crippen LogP contribution >= 0.6 is 0 Å². The molecule has 0 saturated heterocycles. The number of benzene rings is 2. The van der Waals surface area contributed by atoms with Gasteiger partial charge in [0.2, 0.25) is 21.8 Å². The van der Waals surface area contributed by atoms with E-state index >= 15 is 0 Å². The fourth-order valence-corrected chi connectivity index (χ4v) is 4.10. The van der Waals surface area contributed by atoms with Crippen LogP contribution in [0.3, 0.4) is 0 Å². The highest BCUT2D eigenvalue weighted by atomic mass is 32.2. The lowest BCUT2D eigenvalue weighted by Gasteiger charge is -2.32. The van der Waals surface area contributed by atoms with Crippen LogP contribution in [0.2, 0.25) is 0 Å². The Kier molecular flexibility index (Phi) is 8.99. The Bertz CT molecular complexity index is 1090. The third kappa shape index (κ3) is 7.28. The minimum Gasteiger partial charge on any atom is -0.352 e. The molecule has 2 amide bonds. The Labute approximate surface area is 195 Å². The molecular formula is C24H32FN3O4S. The van der Waals surface area contributed by atoms with Gasteiger partial charge in [-0.1, -0.05) is 37.3 Å². The van der Waals surface area contributed by atoms with Gasteiger partial charge in [-0.3, -0.25) is 13.9 Å². The van der Waals surface area contributed by atoms with Crippen molar-refractivity contribution in [1.29, 1.82) is 0 Å². The van der Waals surface area contributed by atoms with Gasteiger partial charge in [-0.25, -0.2) is 12.8 Å². The molecule has 0 spiro atoms. The molecule has 0 radical (unpaired) electrons. The van der Waals surface area contributed by atoms with Crippen molar-refractivity contribution in [2.45, 2.75) is 52.7 Å². The zero-order chi connectivity index (χ0) is 24.8. The summed E-state index contributed by atoms with van der Waals surface area (Å²) in [6, 6.07) is 11.7. The molecule has 0 unspecified atom stereocenters. The molecule has 2 aromatic rings. The summed E-state index contributed by atoms with van der Waals surface area (Å²) < 4.78 is 40.4. The van der Waals surface area contributed by atoms with Crippen LogP contribution in [-0.2, 0) is 26.2 Å². The van der Waals surface area contributed by atoms with Crippen LogP contribution < -0.4 is 9.62 Å². The zero-order valence-corrected chi connectivity index (χ0v) is 20.5. The molecule has 2 atom stereocenters. The number of carbonyl (C=O) groups is 2. The maximum absolute atomic E-state index is 14.4. The lowest BCUT2D eigenvalue weighted by molar-refractivity contribution is -0.139. The van der Waals surface area contributed by atoms with Gasteiger partial charge in [0.1, 0.15) is 18.4 Å². The van der Waals surface area contributed by atoms with Crippen molar-refractivity contribution >= 4 is 27.5 Å². The summed E-state index contributed by atoms with van der Waals surface area (Å²) in [6.45, 7) is 6.44. The average molecular weight is 478 g/mol. The van der Waals surface area contributed by atoms with Gasteiger partial charge in [-0.15, -0.1) is 0 Å². The maximum Gasteiger partial charge on any atom is 0.244 e. The second-order valence-electron chi connectivity index (χ2n) is 8.22. The molecule has 0 saturated carbocycles. The molecule has 7 nitrogen and oxygen atoms in total. The molecule has 180 valence electrons. The normalized spacial score (nSPS) is 13.2. The van der Waals surface area contributed by atoms with E-state index in [1.54, 1.807) is 31.2 Å². The van der Waals surface area contributed by atoms with Gasteiger partial charge < -0.3 is 10.2 Å². The maximum atomic E-state index is 14.4. The van der Waals surface area contributed by atoms with Crippen LogP contribution in [0.15, 0.2) is 48.5 Å². The van der Waals surface area contributed by atoms with E-state index in [0.29, 0.717) is 12.1 Å². The highest BCUT2D eigenvalue weighted by Gasteiger charge is 2.30. The van der Waals surface area contributed by atoms with Crippen LogP contribution in [-0.4, -0.2) is 50.0 Å². The Hall–Kier alpha value is -2.94. The minimum absolute atomic E-state index is 0.106. The largest absolute Gasteiger partial charge is 0.352 e. The van der Waals surface area contributed by atoms with E-state index in [1.807, 2.05) is 26.8 Å². The number of hydrogen-bond donors (Lipinski definition) is 1. The first-order valence-electron chi connectivity index (χ1n) is 10.8. The third-order valence-corrected chi connectivity index (χ3v) is 6.58. The Morgan fingerprint density at radius 1 is 1.09 bits per heavy atom. The molecular weight excluding hydrogens is 445 g/mol. The van der Waals surface area contributed by atoms with E-state index in [9.17, 15) is 22.4 Å². The summed E-state index contributed by atoms with van der Waals surface area (Å²) in [7, 11) is -3.80. The number of rotatable bonds is 10. The third-order valence-electron chi connectivity index (χ3n) is 5.44. The van der Waals surface area contributed by atoms with Crippen molar-refractivity contribution in [3.05, 3.63) is 65.5 Å². The molecule has 0 aliphatic heterocycles. The molecule has 33 heavy (non-hydrogen) atoms. The summed E-state index contributed by atoms with van der Waals surface area (Å²) >= 11 is 0. The fraction of sp³-hybridized carbons (Fsp3) is 0.417. The fourth-order valence-electron chi connectivity index (χ4n) is 3.26. The molecule has 0 heterocycles. The quantitative estimate of drug-likeness (QED) is 0.569. The summed E-state index contributed by atoms with van der Waals surface area (Å²) in [5.74, 6) is -1.52. The van der Waals surface area contributed by atoms with Crippen LogP contribution in [0.1, 0.15) is 38.3 Å². The molecule has 0 aromatic heterocycles. The van der Waals surface area contributed by atoms with E-state index in [0.717, 1.165) is 16.1 Å². The standard InChI is InChI=1S/C24H32FN3O4S/c1-6-18(3)26-24(30)19(4)27(15-20-11-7-8-13-22(20)25)23(29)16-28(33(5,31)32)21-12-9-10-17(2)14-21/h7-14,18-19H,6,15-16H2,1-5H3,(H,26,30)/t18-,19+/m0/s1. The van der Waals surface area contributed by atoms with Crippen LogP contribution in [0.4, 0.5) is 10.1 Å².